The number of rotatable bonds is 22. The molecule has 0 unspecified atom stereocenters. The van der Waals surface area contributed by atoms with E-state index >= 15 is 0 Å². The molecular formula is C84H72F4N24O4. The van der Waals surface area contributed by atoms with Crippen molar-refractivity contribution in [2.24, 2.45) is 0 Å². The van der Waals surface area contributed by atoms with Crippen LogP contribution >= 0.6 is 0 Å². The zero-order valence-corrected chi connectivity index (χ0v) is 63.0. The number of aryl methyl sites for hydroxylation is 2. The molecule has 9 heterocycles. The van der Waals surface area contributed by atoms with Gasteiger partial charge in [-0.15, -0.1) is 0 Å². The molecule has 28 nitrogen and oxygen atoms in total. The number of aromatic amines is 4. The van der Waals surface area contributed by atoms with Gasteiger partial charge in [0.05, 0.1) is 46.3 Å². The Kier molecular flexibility index (Phi) is 23.8. The summed E-state index contributed by atoms with van der Waals surface area (Å²) in [5.41, 5.74) is 19.5. The number of pyridine rings is 4. The number of fused-ring (bicyclic) bond motifs is 3. The lowest BCUT2D eigenvalue weighted by Crippen LogP contribution is -2.29. The predicted molar refractivity (Wildman–Crippen MR) is 431 cm³/mol. The number of nitrogens with two attached hydrogens (primary N) is 1. The maximum atomic E-state index is 14.0. The van der Waals surface area contributed by atoms with E-state index in [1.807, 2.05) is 117 Å². The molecule has 0 aliphatic carbocycles. The Labute approximate surface area is 659 Å². The number of halogens is 4. The highest BCUT2D eigenvalue weighted by Gasteiger charge is 2.24. The summed E-state index contributed by atoms with van der Waals surface area (Å²) >= 11 is 0. The highest BCUT2D eigenvalue weighted by atomic mass is 19.2. The van der Waals surface area contributed by atoms with Crippen molar-refractivity contribution in [3.8, 4) is 45.5 Å². The van der Waals surface area contributed by atoms with Crippen LogP contribution in [0.5, 0.6) is 0 Å². The topological polar surface area (TPSA) is 409 Å². The molecule has 2 atom stereocenters. The summed E-state index contributed by atoms with van der Waals surface area (Å²) in [5, 5.41) is 52.3. The third kappa shape index (κ3) is 18.5. The summed E-state index contributed by atoms with van der Waals surface area (Å²) in [6.07, 6.45) is 9.41. The second-order valence-electron chi connectivity index (χ2n) is 26.9. The van der Waals surface area contributed by atoms with Gasteiger partial charge in [-0.25, -0.2) is 62.2 Å². The summed E-state index contributed by atoms with van der Waals surface area (Å²) < 4.78 is 54.9. The first-order valence-corrected chi connectivity index (χ1v) is 36.1. The van der Waals surface area contributed by atoms with E-state index in [-0.39, 0.29) is 70.2 Å². The number of benzene rings is 6. The molecule has 0 saturated carbocycles. The van der Waals surface area contributed by atoms with E-state index < -0.39 is 29.5 Å². The van der Waals surface area contributed by atoms with Crippen LogP contribution in [0, 0.1) is 59.8 Å². The molecule has 15 aromatic rings. The second-order valence-corrected chi connectivity index (χ2v) is 26.9. The van der Waals surface area contributed by atoms with Crippen LogP contribution in [-0.2, 0) is 26.2 Å². The minimum atomic E-state index is -1.00. The number of anilines is 5. The molecule has 6 aromatic carbocycles. The molecule has 116 heavy (non-hydrogen) atoms. The minimum absolute atomic E-state index is 0.000509. The normalized spacial score (nSPS) is 11.4. The Morgan fingerprint density at radius 1 is 0.509 bits per heavy atom. The molecule has 15 rings (SSSR count). The number of aromatic nitrogens is 14. The van der Waals surface area contributed by atoms with Crippen LogP contribution in [-0.4, -0.2) is 107 Å². The third-order valence-corrected chi connectivity index (χ3v) is 18.8. The number of amides is 3. The van der Waals surface area contributed by atoms with Gasteiger partial charge >= 0.3 is 5.69 Å². The molecular weight excluding hydrogens is 1490 g/mol. The molecule has 12 N–H and O–H groups in total. The number of carbonyl (C=O) groups excluding carboxylic acids is 3. The molecule has 3 amide bonds. The zero-order valence-electron chi connectivity index (χ0n) is 63.0. The van der Waals surface area contributed by atoms with Crippen LogP contribution in [0.4, 0.5) is 46.7 Å². The molecule has 0 radical (unpaired) electrons. The molecule has 0 aliphatic heterocycles. The molecule has 0 bridgehead atoms. The average molecular weight is 1560 g/mol. The fraction of sp³-hybridized carbons (Fsp3) is 0.143. The first kappa shape index (κ1) is 78.5. The molecule has 0 spiro atoms. The van der Waals surface area contributed by atoms with E-state index in [1.54, 1.807) is 82.0 Å². The van der Waals surface area contributed by atoms with E-state index in [0.29, 0.717) is 87.1 Å². The fourth-order valence-electron chi connectivity index (χ4n) is 12.2. The lowest BCUT2D eigenvalue weighted by molar-refractivity contribution is 0.0779. The first-order valence-electron chi connectivity index (χ1n) is 36.1. The minimum Gasteiger partial charge on any atom is -0.384 e. The Bertz CT molecular complexity index is 6320. The van der Waals surface area contributed by atoms with E-state index in [1.165, 1.54) is 42.5 Å². The standard InChI is InChI=1S/C29H26FN9O.C28H25FN6O2.C27H21F2N9O/c1-16-4-7-20(11-24(16)30)17(2)36-29(40)25-28(35-15-22(12-31)37-25)33-13-18-5-8-19(9-6-18)21-10-23-26(32-3)38-39-27(23)34-14-21;1-16-5-8-20(12-23(16)29)17(2)33-27(36)22-4-3-11-30-25(22)31-14-18-6-9-19(10-7-18)21-13-24-26(32-15-21)35-28(37)34-24;1-38(14-16-4-7-21(28)22(29)8-16)27(39)23-26(34-13-19(10-30)35-23)32-11-15-2-5-17(6-3-15)18-9-20-24(31)36-37-25(20)33-12-18/h4-11,14-15,17H,13H2,1-3H3,(H,33,35)(H,36,40)(H2,32,34,38,39);3-13,15,17H,14H2,1-2H3,(H,30,31)(H,33,36)(H2,32,34,35,37);2-9,12-13H,11,14H2,1H3,(H,32,34)(H3,31,33,36,37)/t2*17-;/m00./s1. The number of nitrogen functional groups attached to an aromatic ring is 1. The number of hydrogen-bond acceptors (Lipinski definition) is 21. The number of imidazole rings is 1. The van der Waals surface area contributed by atoms with E-state index in [4.69, 9.17) is 5.73 Å². The quantitative estimate of drug-likeness (QED) is 0.0281. The van der Waals surface area contributed by atoms with Crippen molar-refractivity contribution in [1.82, 2.24) is 85.8 Å². The van der Waals surface area contributed by atoms with Crippen LogP contribution in [0.1, 0.15) is 113 Å². The van der Waals surface area contributed by atoms with Crippen LogP contribution in [0.25, 0.3) is 66.6 Å². The van der Waals surface area contributed by atoms with Gasteiger partial charge < -0.3 is 47.5 Å². The fourth-order valence-corrected chi connectivity index (χ4v) is 12.2. The molecule has 580 valence electrons. The number of H-pyrrole nitrogens is 4. The number of nitrogens with zero attached hydrogens (tertiary/aromatic N) is 13. The largest absolute Gasteiger partial charge is 0.384 e. The van der Waals surface area contributed by atoms with E-state index in [0.717, 1.165) is 78.8 Å². The Morgan fingerprint density at radius 3 is 1.59 bits per heavy atom. The zero-order chi connectivity index (χ0) is 81.7. The lowest BCUT2D eigenvalue weighted by Gasteiger charge is -2.19. The van der Waals surface area contributed by atoms with Gasteiger partial charge in [0.15, 0.2) is 68.8 Å². The van der Waals surface area contributed by atoms with Gasteiger partial charge in [0, 0.05) is 81.8 Å². The SMILES string of the molecule is CN(Cc1ccc(F)c(F)c1)C(=O)c1nc(C#N)cnc1NCc1ccc(-c2cnc3n[nH]c(N)c3c2)cc1.CNc1n[nH]c2ncc(-c3ccc(CNc4ncc(C#N)nc4C(=O)N[C@@H](C)c4ccc(C)c(F)c4)cc3)cc12.Cc1ccc([C@H](C)NC(=O)c2cccnc2NCc2ccc(-c3cnc4[nH]c(=O)[nH]c4c3)cc2)cc1F. The highest BCUT2D eigenvalue weighted by Crippen LogP contribution is 2.30. The van der Waals surface area contributed by atoms with Gasteiger partial charge in [0.25, 0.3) is 17.7 Å². The first-order chi connectivity index (χ1) is 56.0. The molecule has 0 fully saturated rings. The number of nitrogens with one attached hydrogen (secondary N) is 10. The molecule has 32 heteroatoms. The van der Waals surface area contributed by atoms with Crippen LogP contribution in [0.15, 0.2) is 200 Å². The van der Waals surface area contributed by atoms with Gasteiger partial charge in [-0.05, 0) is 143 Å². The summed E-state index contributed by atoms with van der Waals surface area (Å²) in [6, 6.07) is 48.8. The highest BCUT2D eigenvalue weighted by molar-refractivity contribution is 6.00. The second kappa shape index (κ2) is 35.2. The predicted octanol–water partition coefficient (Wildman–Crippen LogP) is 13.8. The van der Waals surface area contributed by atoms with Crippen molar-refractivity contribution in [2.75, 3.05) is 41.1 Å². The van der Waals surface area contributed by atoms with Gasteiger partial charge in [-0.3, -0.25) is 29.6 Å². The van der Waals surface area contributed by atoms with E-state index in [9.17, 15) is 47.3 Å². The summed E-state index contributed by atoms with van der Waals surface area (Å²) in [6.45, 7) is 8.08. The molecule has 9 aromatic heterocycles. The van der Waals surface area contributed by atoms with Crippen molar-refractivity contribution in [3.63, 3.8) is 0 Å². The molecule has 0 aliphatic rings. The third-order valence-electron chi connectivity index (χ3n) is 18.8. The van der Waals surface area contributed by atoms with Crippen molar-refractivity contribution in [2.45, 2.75) is 66.0 Å². The molecule has 0 saturated heterocycles. The summed E-state index contributed by atoms with van der Waals surface area (Å²) in [7, 11) is 3.30. The van der Waals surface area contributed by atoms with Crippen molar-refractivity contribution < 1.29 is 31.9 Å². The van der Waals surface area contributed by atoms with E-state index in [2.05, 4.69) is 102 Å². The lowest BCUT2D eigenvalue weighted by atomic mass is 10.0. The van der Waals surface area contributed by atoms with Crippen LogP contribution in [0.2, 0.25) is 0 Å². The number of nitriles is 2. The van der Waals surface area contributed by atoms with Crippen molar-refractivity contribution >= 4 is 80.0 Å². The van der Waals surface area contributed by atoms with Crippen LogP contribution < -0.4 is 43.3 Å². The Balaban J connectivity index is 0.000000151. The summed E-state index contributed by atoms with van der Waals surface area (Å²) in [5.74, 6) is -1.94. The van der Waals surface area contributed by atoms with Gasteiger partial charge in [0.1, 0.15) is 35.4 Å². The van der Waals surface area contributed by atoms with Gasteiger partial charge in [-0.1, -0.05) is 103 Å². The smallest absolute Gasteiger partial charge is 0.325 e. The van der Waals surface area contributed by atoms with Crippen LogP contribution in [0.3, 0.4) is 0 Å². The maximum Gasteiger partial charge on any atom is 0.325 e. The van der Waals surface area contributed by atoms with Gasteiger partial charge in [-0.2, -0.15) is 20.7 Å². The maximum absolute atomic E-state index is 14.0. The monoisotopic (exact) mass is 1560 g/mol. The Hall–Kier alpha value is -15.6. The average Bonchev–Trinajstić information content (AvgIpc) is 1.31. The van der Waals surface area contributed by atoms with Crippen molar-refractivity contribution in [1.29, 1.82) is 10.5 Å². The number of carbonyl (C=O) groups is 3. The number of hydrogen-bond donors (Lipinski definition) is 11. The summed E-state index contributed by atoms with van der Waals surface area (Å²) in [4.78, 5) is 91.6. The van der Waals surface area contributed by atoms with Gasteiger partial charge in [0.2, 0.25) is 0 Å². The Morgan fingerprint density at radius 2 is 1.03 bits per heavy atom. The van der Waals surface area contributed by atoms with Crippen molar-refractivity contribution in [3.05, 3.63) is 302 Å².